The summed E-state index contributed by atoms with van der Waals surface area (Å²) >= 11 is 3.62. The van der Waals surface area contributed by atoms with E-state index in [4.69, 9.17) is 0 Å². The summed E-state index contributed by atoms with van der Waals surface area (Å²) in [4.78, 5) is 18.5. The van der Waals surface area contributed by atoms with Crippen molar-refractivity contribution in [3.05, 3.63) is 28.7 Å². The van der Waals surface area contributed by atoms with Crippen LogP contribution in [0.1, 0.15) is 33.1 Å². The number of rotatable bonds is 7. The summed E-state index contributed by atoms with van der Waals surface area (Å²) in [5, 5.41) is 9.67. The number of aliphatic imine (C=N–C) groups is 1. The first-order valence-electron chi connectivity index (χ1n) is 9.29. The normalized spacial score (nSPS) is 17.9. The summed E-state index contributed by atoms with van der Waals surface area (Å²) in [6, 6.07) is 8.86. The van der Waals surface area contributed by atoms with E-state index in [1.807, 2.05) is 13.0 Å². The lowest BCUT2D eigenvalue weighted by molar-refractivity contribution is -0.121. The number of benzene rings is 1. The standard InChI is InChI=1S/C19H30BrN5O.HI/c1-4-14(2)23-18(26)9-11-22-19(21-3)24-15-10-12-25(13-15)17-8-6-5-7-16(17)20;/h5-8,14-15H,4,9-13H2,1-3H3,(H,23,26)(H2,21,22,24);1H. The van der Waals surface area contributed by atoms with Crippen LogP contribution in [0.5, 0.6) is 0 Å². The molecule has 3 N–H and O–H groups in total. The summed E-state index contributed by atoms with van der Waals surface area (Å²) < 4.78 is 1.12. The fourth-order valence-corrected chi connectivity index (χ4v) is 3.47. The molecule has 0 aromatic heterocycles. The smallest absolute Gasteiger partial charge is 0.221 e. The van der Waals surface area contributed by atoms with E-state index in [2.05, 4.69) is 66.9 Å². The van der Waals surface area contributed by atoms with Crippen molar-refractivity contribution in [1.29, 1.82) is 0 Å². The van der Waals surface area contributed by atoms with E-state index in [0.717, 1.165) is 36.4 Å². The van der Waals surface area contributed by atoms with Crippen molar-refractivity contribution in [3.8, 4) is 0 Å². The molecule has 27 heavy (non-hydrogen) atoms. The second-order valence-corrected chi connectivity index (χ2v) is 7.51. The van der Waals surface area contributed by atoms with E-state index in [1.54, 1.807) is 7.05 Å². The second kappa shape index (κ2) is 12.4. The van der Waals surface area contributed by atoms with E-state index in [0.29, 0.717) is 19.0 Å². The number of guanidine groups is 1. The van der Waals surface area contributed by atoms with Crippen molar-refractivity contribution in [1.82, 2.24) is 16.0 Å². The Morgan fingerprint density at radius 1 is 1.41 bits per heavy atom. The fourth-order valence-electron chi connectivity index (χ4n) is 2.94. The van der Waals surface area contributed by atoms with Gasteiger partial charge in [0.15, 0.2) is 5.96 Å². The lowest BCUT2D eigenvalue weighted by Gasteiger charge is -2.21. The lowest BCUT2D eigenvalue weighted by Crippen LogP contribution is -2.45. The molecule has 1 amide bonds. The quantitative estimate of drug-likeness (QED) is 0.277. The molecule has 0 radical (unpaired) electrons. The summed E-state index contributed by atoms with van der Waals surface area (Å²) in [5.74, 6) is 0.823. The average molecular weight is 552 g/mol. The Morgan fingerprint density at radius 2 is 2.15 bits per heavy atom. The van der Waals surface area contributed by atoms with Crippen molar-refractivity contribution in [2.24, 2.45) is 4.99 Å². The highest BCUT2D eigenvalue weighted by atomic mass is 127. The van der Waals surface area contributed by atoms with Gasteiger partial charge in [0.05, 0.1) is 5.69 Å². The highest BCUT2D eigenvalue weighted by Crippen LogP contribution is 2.28. The number of hydrogen-bond acceptors (Lipinski definition) is 3. The van der Waals surface area contributed by atoms with Gasteiger partial charge in [-0.15, -0.1) is 24.0 Å². The third-order valence-corrected chi connectivity index (χ3v) is 5.28. The third-order valence-electron chi connectivity index (χ3n) is 4.61. The predicted octanol–water partition coefficient (Wildman–Crippen LogP) is 3.12. The topological polar surface area (TPSA) is 68.8 Å². The second-order valence-electron chi connectivity index (χ2n) is 6.65. The van der Waals surface area contributed by atoms with Crippen LogP contribution in [-0.4, -0.2) is 50.6 Å². The van der Waals surface area contributed by atoms with Crippen LogP contribution in [0.3, 0.4) is 0 Å². The maximum Gasteiger partial charge on any atom is 0.221 e. The highest BCUT2D eigenvalue weighted by molar-refractivity contribution is 14.0. The number of carbonyl (C=O) groups excluding carboxylic acids is 1. The Balaban J connectivity index is 0.00000364. The Hall–Kier alpha value is -1.03. The van der Waals surface area contributed by atoms with Crippen LogP contribution in [0.25, 0.3) is 0 Å². The fraction of sp³-hybridized carbons (Fsp3) is 0.579. The Morgan fingerprint density at radius 3 is 2.81 bits per heavy atom. The van der Waals surface area contributed by atoms with Gasteiger partial charge in [0.1, 0.15) is 0 Å². The van der Waals surface area contributed by atoms with Crippen LogP contribution < -0.4 is 20.9 Å². The molecule has 2 atom stereocenters. The summed E-state index contributed by atoms with van der Waals surface area (Å²) in [6.07, 6.45) is 2.44. The molecule has 1 aromatic carbocycles. The molecule has 0 saturated carbocycles. The van der Waals surface area contributed by atoms with Gasteiger partial charge in [0, 0.05) is 49.7 Å². The number of nitrogens with zero attached hydrogens (tertiary/aromatic N) is 2. The number of halogens is 2. The van der Waals surface area contributed by atoms with Crippen LogP contribution in [0.15, 0.2) is 33.7 Å². The van der Waals surface area contributed by atoms with Gasteiger partial charge in [-0.2, -0.15) is 0 Å². The molecule has 1 heterocycles. The van der Waals surface area contributed by atoms with Gasteiger partial charge < -0.3 is 20.9 Å². The van der Waals surface area contributed by atoms with Crippen LogP contribution in [0.4, 0.5) is 5.69 Å². The number of carbonyl (C=O) groups is 1. The molecule has 1 saturated heterocycles. The molecule has 1 aliphatic heterocycles. The van der Waals surface area contributed by atoms with E-state index in [1.165, 1.54) is 5.69 Å². The third kappa shape index (κ3) is 7.85. The van der Waals surface area contributed by atoms with Crippen molar-refractivity contribution < 1.29 is 4.79 Å². The Labute approximate surface area is 188 Å². The minimum Gasteiger partial charge on any atom is -0.368 e. The molecule has 6 nitrogen and oxygen atoms in total. The zero-order valence-electron chi connectivity index (χ0n) is 16.3. The van der Waals surface area contributed by atoms with Crippen LogP contribution >= 0.6 is 39.9 Å². The predicted molar refractivity (Wildman–Crippen MR) is 127 cm³/mol. The molecule has 1 aromatic rings. The zero-order valence-corrected chi connectivity index (χ0v) is 20.2. The summed E-state index contributed by atoms with van der Waals surface area (Å²) in [6.45, 7) is 6.59. The molecule has 1 fully saturated rings. The molecule has 0 aliphatic carbocycles. The minimum atomic E-state index is 0. The summed E-state index contributed by atoms with van der Waals surface area (Å²) in [7, 11) is 1.76. The maximum atomic E-state index is 11.8. The molecule has 8 heteroatoms. The first-order valence-corrected chi connectivity index (χ1v) is 10.1. The highest BCUT2D eigenvalue weighted by Gasteiger charge is 2.24. The average Bonchev–Trinajstić information content (AvgIpc) is 3.09. The van der Waals surface area contributed by atoms with Gasteiger partial charge >= 0.3 is 0 Å². The van der Waals surface area contributed by atoms with Crippen molar-refractivity contribution >= 4 is 57.5 Å². The molecular formula is C19H31BrIN5O. The first kappa shape index (κ1) is 24.0. The monoisotopic (exact) mass is 551 g/mol. The van der Waals surface area contributed by atoms with Crippen molar-refractivity contribution in [2.75, 3.05) is 31.6 Å². The minimum absolute atomic E-state index is 0. The van der Waals surface area contributed by atoms with E-state index in [-0.39, 0.29) is 35.9 Å². The molecule has 2 unspecified atom stereocenters. The molecule has 1 aliphatic rings. The molecule has 2 rings (SSSR count). The van der Waals surface area contributed by atoms with Crippen molar-refractivity contribution in [3.63, 3.8) is 0 Å². The number of hydrogen-bond donors (Lipinski definition) is 3. The van der Waals surface area contributed by atoms with Crippen molar-refractivity contribution in [2.45, 2.75) is 45.2 Å². The number of anilines is 1. The van der Waals surface area contributed by atoms with Gasteiger partial charge in [-0.25, -0.2) is 0 Å². The van der Waals surface area contributed by atoms with Crippen LogP contribution in [-0.2, 0) is 4.79 Å². The Bertz CT molecular complexity index is 628. The molecule has 0 bridgehead atoms. The number of nitrogens with one attached hydrogen (secondary N) is 3. The van der Waals surface area contributed by atoms with Gasteiger partial charge in [0.25, 0.3) is 0 Å². The zero-order chi connectivity index (χ0) is 18.9. The summed E-state index contributed by atoms with van der Waals surface area (Å²) in [5.41, 5.74) is 1.22. The lowest BCUT2D eigenvalue weighted by atomic mass is 10.2. The molecule has 152 valence electrons. The van der Waals surface area contributed by atoms with Gasteiger partial charge in [-0.1, -0.05) is 19.1 Å². The van der Waals surface area contributed by atoms with E-state index < -0.39 is 0 Å². The van der Waals surface area contributed by atoms with Gasteiger partial charge in [-0.3, -0.25) is 9.79 Å². The first-order chi connectivity index (χ1) is 12.5. The number of amides is 1. The number of para-hydroxylation sites is 1. The molecule has 0 spiro atoms. The maximum absolute atomic E-state index is 11.8. The SMILES string of the molecule is CCC(C)NC(=O)CCNC(=NC)NC1CCN(c2ccccc2Br)C1.I. The van der Waals surface area contributed by atoms with Gasteiger partial charge in [0.2, 0.25) is 5.91 Å². The van der Waals surface area contributed by atoms with Crippen LogP contribution in [0, 0.1) is 0 Å². The largest absolute Gasteiger partial charge is 0.368 e. The van der Waals surface area contributed by atoms with Crippen LogP contribution in [0.2, 0.25) is 0 Å². The molecular weight excluding hydrogens is 521 g/mol. The van der Waals surface area contributed by atoms with Gasteiger partial charge in [-0.05, 0) is 47.8 Å². The van der Waals surface area contributed by atoms with E-state index in [9.17, 15) is 4.79 Å². The van der Waals surface area contributed by atoms with E-state index >= 15 is 0 Å². The Kier molecular flexibility index (Phi) is 11.1.